The summed E-state index contributed by atoms with van der Waals surface area (Å²) in [5, 5.41) is 9.29. The van der Waals surface area contributed by atoms with E-state index in [9.17, 15) is 4.39 Å². The van der Waals surface area contributed by atoms with Crippen molar-refractivity contribution in [2.75, 3.05) is 0 Å². The summed E-state index contributed by atoms with van der Waals surface area (Å²) in [5.74, 6) is 0.458. The summed E-state index contributed by atoms with van der Waals surface area (Å²) in [5.41, 5.74) is 2.80. The summed E-state index contributed by atoms with van der Waals surface area (Å²) in [6, 6.07) is 18.4. The molecular weight excluding hydrogens is 363 g/mol. The van der Waals surface area contributed by atoms with Crippen LogP contribution in [-0.2, 0) is 5.75 Å². The van der Waals surface area contributed by atoms with Gasteiger partial charge in [-0.05, 0) is 42.0 Å². The molecule has 0 aliphatic heterocycles. The Bertz CT molecular complexity index is 760. The van der Waals surface area contributed by atoms with Crippen LogP contribution in [0.1, 0.15) is 5.56 Å². The first kappa shape index (κ1) is 15.2. The van der Waals surface area contributed by atoms with Crippen LogP contribution in [0.5, 0.6) is 0 Å². The maximum absolute atomic E-state index is 13.1. The fraction of sp³-hybridized carbons (Fsp3) is 0.0588. The van der Waals surface area contributed by atoms with E-state index in [4.69, 9.17) is 0 Å². The quantitative estimate of drug-likeness (QED) is 0.576. The Morgan fingerprint density at radius 2 is 1.77 bits per heavy atom. The van der Waals surface area contributed by atoms with E-state index in [1.165, 1.54) is 12.1 Å². The average molecular weight is 375 g/mol. The van der Waals surface area contributed by atoms with Crippen LogP contribution in [0.4, 0.5) is 4.39 Å². The third-order valence-corrected chi connectivity index (χ3v) is 4.58. The number of hydrogen-bond acceptors (Lipinski definition) is 3. The maximum Gasteiger partial charge on any atom is 0.123 e. The molecule has 0 unspecified atom stereocenters. The summed E-state index contributed by atoms with van der Waals surface area (Å²) in [7, 11) is 0. The van der Waals surface area contributed by atoms with E-state index in [-0.39, 0.29) is 5.82 Å². The van der Waals surface area contributed by atoms with Gasteiger partial charge in [0.2, 0.25) is 0 Å². The van der Waals surface area contributed by atoms with Crippen LogP contribution < -0.4 is 0 Å². The topological polar surface area (TPSA) is 25.8 Å². The van der Waals surface area contributed by atoms with E-state index in [0.717, 1.165) is 26.3 Å². The Balaban J connectivity index is 1.68. The predicted octanol–water partition coefficient (Wildman–Crippen LogP) is 5.34. The molecule has 22 heavy (non-hydrogen) atoms. The largest absolute Gasteiger partial charge is 0.207 e. The summed E-state index contributed by atoms with van der Waals surface area (Å²) in [4.78, 5) is 0. The zero-order valence-electron chi connectivity index (χ0n) is 11.5. The van der Waals surface area contributed by atoms with Crippen LogP contribution in [0, 0.1) is 5.82 Å². The molecule has 1 aromatic heterocycles. The van der Waals surface area contributed by atoms with Crippen LogP contribution in [0.2, 0.25) is 0 Å². The second-order valence-electron chi connectivity index (χ2n) is 4.68. The number of rotatable bonds is 4. The Hall–Kier alpha value is -1.72. The van der Waals surface area contributed by atoms with Gasteiger partial charge in [0.25, 0.3) is 0 Å². The molecule has 0 spiro atoms. The molecule has 2 aromatic carbocycles. The highest BCUT2D eigenvalue weighted by molar-refractivity contribution is 9.10. The zero-order chi connectivity index (χ0) is 15.4. The first-order valence-electron chi connectivity index (χ1n) is 6.67. The highest BCUT2D eigenvalue weighted by Gasteiger charge is 2.03. The molecule has 0 bridgehead atoms. The monoisotopic (exact) mass is 374 g/mol. The summed E-state index contributed by atoms with van der Waals surface area (Å²) < 4.78 is 14.2. The first-order chi connectivity index (χ1) is 10.7. The van der Waals surface area contributed by atoms with Crippen molar-refractivity contribution < 1.29 is 4.39 Å². The molecule has 0 aliphatic rings. The lowest BCUT2D eigenvalue weighted by atomic mass is 10.1. The van der Waals surface area contributed by atoms with Crippen molar-refractivity contribution in [2.45, 2.75) is 10.8 Å². The lowest BCUT2D eigenvalue weighted by Gasteiger charge is -2.03. The van der Waals surface area contributed by atoms with Gasteiger partial charge in [-0.25, -0.2) is 4.39 Å². The van der Waals surface area contributed by atoms with Crippen molar-refractivity contribution in [2.24, 2.45) is 0 Å². The lowest BCUT2D eigenvalue weighted by molar-refractivity contribution is 0.626. The Morgan fingerprint density at radius 1 is 0.955 bits per heavy atom. The van der Waals surface area contributed by atoms with Crippen molar-refractivity contribution in [3.8, 4) is 11.3 Å². The van der Waals surface area contributed by atoms with E-state index in [2.05, 4.69) is 26.1 Å². The van der Waals surface area contributed by atoms with E-state index >= 15 is 0 Å². The fourth-order valence-corrected chi connectivity index (χ4v) is 2.98. The van der Waals surface area contributed by atoms with Gasteiger partial charge in [0, 0.05) is 15.8 Å². The van der Waals surface area contributed by atoms with Gasteiger partial charge in [-0.1, -0.05) is 52.0 Å². The van der Waals surface area contributed by atoms with Gasteiger partial charge in [0.05, 0.1) is 5.69 Å². The number of nitrogens with zero attached hydrogens (tertiary/aromatic N) is 2. The van der Waals surface area contributed by atoms with Crippen LogP contribution in [0.15, 0.2) is 70.2 Å². The van der Waals surface area contributed by atoms with Gasteiger partial charge >= 0.3 is 0 Å². The van der Waals surface area contributed by atoms with Crippen LogP contribution in [0.3, 0.4) is 0 Å². The second-order valence-corrected chi connectivity index (χ2v) is 6.59. The first-order valence-corrected chi connectivity index (χ1v) is 8.45. The molecule has 110 valence electrons. The van der Waals surface area contributed by atoms with Gasteiger partial charge in [0.15, 0.2) is 0 Å². The normalized spacial score (nSPS) is 10.6. The molecule has 0 N–H and O–H groups in total. The molecule has 3 rings (SSSR count). The Labute approximate surface area is 140 Å². The zero-order valence-corrected chi connectivity index (χ0v) is 13.9. The Morgan fingerprint density at radius 3 is 2.45 bits per heavy atom. The van der Waals surface area contributed by atoms with Crippen LogP contribution >= 0.6 is 27.7 Å². The third-order valence-electron chi connectivity index (χ3n) is 3.06. The molecule has 0 fully saturated rings. The molecule has 3 aromatic rings. The van der Waals surface area contributed by atoms with Gasteiger partial charge < -0.3 is 0 Å². The van der Waals surface area contributed by atoms with Gasteiger partial charge in [0.1, 0.15) is 10.8 Å². The lowest BCUT2D eigenvalue weighted by Crippen LogP contribution is -1.90. The van der Waals surface area contributed by atoms with Crippen molar-refractivity contribution in [1.82, 2.24) is 10.2 Å². The van der Waals surface area contributed by atoms with Crippen molar-refractivity contribution >= 4 is 27.7 Å². The van der Waals surface area contributed by atoms with Gasteiger partial charge in [-0.3, -0.25) is 0 Å². The van der Waals surface area contributed by atoms with Crippen molar-refractivity contribution in [3.63, 3.8) is 0 Å². The summed E-state index contributed by atoms with van der Waals surface area (Å²) in [6.07, 6.45) is 0. The van der Waals surface area contributed by atoms with E-state index in [0.29, 0.717) is 5.75 Å². The smallest absolute Gasteiger partial charge is 0.123 e. The average Bonchev–Trinajstić information content (AvgIpc) is 2.54. The minimum atomic E-state index is -0.213. The molecule has 0 radical (unpaired) electrons. The standard InChI is InChI=1S/C17H12BrFN2S/c18-14-6-4-13(5-7-14)16-8-9-17(21-20-16)22-11-12-2-1-3-15(19)10-12/h1-10H,11H2. The molecule has 0 aliphatic carbocycles. The summed E-state index contributed by atoms with van der Waals surface area (Å²) in [6.45, 7) is 0. The fourth-order valence-electron chi connectivity index (χ4n) is 1.96. The molecule has 0 saturated heterocycles. The number of hydrogen-bond donors (Lipinski definition) is 0. The molecular formula is C17H12BrFN2S. The predicted molar refractivity (Wildman–Crippen MR) is 91.1 cm³/mol. The Kier molecular flexibility index (Phi) is 4.85. The number of aromatic nitrogens is 2. The minimum Gasteiger partial charge on any atom is -0.207 e. The number of benzene rings is 2. The van der Waals surface area contributed by atoms with Crippen molar-refractivity contribution in [1.29, 1.82) is 0 Å². The highest BCUT2D eigenvalue weighted by atomic mass is 79.9. The van der Waals surface area contributed by atoms with Crippen LogP contribution in [0.25, 0.3) is 11.3 Å². The van der Waals surface area contributed by atoms with Gasteiger partial charge in [-0.15, -0.1) is 10.2 Å². The number of halogens is 2. The second kappa shape index (κ2) is 7.03. The van der Waals surface area contributed by atoms with Gasteiger partial charge in [-0.2, -0.15) is 0 Å². The molecule has 0 atom stereocenters. The van der Waals surface area contributed by atoms with E-state index < -0.39 is 0 Å². The van der Waals surface area contributed by atoms with E-state index in [1.54, 1.807) is 17.8 Å². The number of thioether (sulfide) groups is 1. The summed E-state index contributed by atoms with van der Waals surface area (Å²) >= 11 is 4.95. The molecule has 0 amide bonds. The molecule has 5 heteroatoms. The maximum atomic E-state index is 13.1. The minimum absolute atomic E-state index is 0.213. The SMILES string of the molecule is Fc1cccc(CSc2ccc(-c3ccc(Br)cc3)nn2)c1. The molecule has 0 saturated carbocycles. The molecule has 1 heterocycles. The van der Waals surface area contributed by atoms with E-state index in [1.807, 2.05) is 42.5 Å². The van der Waals surface area contributed by atoms with Crippen LogP contribution in [-0.4, -0.2) is 10.2 Å². The highest BCUT2D eigenvalue weighted by Crippen LogP contribution is 2.24. The molecule has 2 nitrogen and oxygen atoms in total. The third kappa shape index (κ3) is 3.93. The van der Waals surface area contributed by atoms with Crippen molar-refractivity contribution in [3.05, 3.63) is 76.5 Å².